The van der Waals surface area contributed by atoms with Gasteiger partial charge in [-0.3, -0.25) is 5.32 Å². The number of aromatic nitrogens is 2. The number of hydrogen-bond donors (Lipinski definition) is 2. The highest BCUT2D eigenvalue weighted by Gasteiger charge is 2.18. The second-order valence-electron chi connectivity index (χ2n) is 5.23. The minimum atomic E-state index is -4.00. The van der Waals surface area contributed by atoms with Crippen LogP contribution in [0.5, 0.6) is 5.75 Å². The van der Waals surface area contributed by atoms with Gasteiger partial charge in [0.25, 0.3) is 0 Å². The van der Waals surface area contributed by atoms with E-state index in [1.165, 1.54) is 25.3 Å². The first-order valence-corrected chi connectivity index (χ1v) is 8.64. The number of carbonyl (C=O) groups excluding carboxylic acids is 1. The fourth-order valence-corrected chi connectivity index (χ4v) is 3.07. The predicted octanol–water partition coefficient (Wildman–Crippen LogP) is 2.82. The van der Waals surface area contributed by atoms with E-state index in [1.807, 2.05) is 6.92 Å². The number of nitrogens with zero attached hydrogens (tertiary/aromatic N) is 1. The van der Waals surface area contributed by atoms with Crippen molar-refractivity contribution >= 4 is 33.2 Å². The van der Waals surface area contributed by atoms with E-state index >= 15 is 0 Å². The number of methoxy groups -OCH3 is 1. The van der Waals surface area contributed by atoms with Gasteiger partial charge in [-0.15, -0.1) is 0 Å². The summed E-state index contributed by atoms with van der Waals surface area (Å²) in [5, 5.41) is 2.38. The molecule has 0 bridgehead atoms. The highest BCUT2D eigenvalue weighted by molar-refractivity contribution is 7.87. The van der Waals surface area contributed by atoms with Gasteiger partial charge < -0.3 is 13.9 Å². The molecule has 0 radical (unpaired) electrons. The van der Waals surface area contributed by atoms with E-state index in [-0.39, 0.29) is 16.6 Å². The van der Waals surface area contributed by atoms with Crippen LogP contribution in [-0.2, 0) is 14.9 Å². The maximum absolute atomic E-state index is 12.4. The van der Waals surface area contributed by atoms with Crippen molar-refractivity contribution in [2.45, 2.75) is 11.8 Å². The van der Waals surface area contributed by atoms with Gasteiger partial charge in [0.1, 0.15) is 10.6 Å². The Kier molecular flexibility index (Phi) is 4.32. The number of carbonyl (C=O) groups is 1. The first-order chi connectivity index (χ1) is 11.9. The lowest BCUT2D eigenvalue weighted by Gasteiger charge is -2.07. The van der Waals surface area contributed by atoms with Gasteiger partial charge in [-0.05, 0) is 37.3 Å². The Hall–Kier alpha value is -3.07. The van der Waals surface area contributed by atoms with Crippen LogP contribution in [0.25, 0.3) is 11.0 Å². The quantitative estimate of drug-likeness (QED) is 0.691. The van der Waals surface area contributed by atoms with Crippen molar-refractivity contribution in [1.29, 1.82) is 0 Å². The second kappa shape index (κ2) is 6.44. The summed E-state index contributed by atoms with van der Waals surface area (Å²) in [5.41, 5.74) is 1.91. The zero-order valence-corrected chi connectivity index (χ0v) is 14.3. The van der Waals surface area contributed by atoms with Crippen LogP contribution in [0.1, 0.15) is 5.56 Å². The minimum Gasteiger partial charge on any atom is -0.453 e. The molecule has 3 rings (SSSR count). The average molecular weight is 361 g/mol. The molecule has 3 aromatic rings. The fraction of sp³-hybridized carbons (Fsp3) is 0.125. The summed E-state index contributed by atoms with van der Waals surface area (Å²) < 4.78 is 34.4. The lowest BCUT2D eigenvalue weighted by atomic mass is 10.2. The highest BCUT2D eigenvalue weighted by atomic mass is 32.2. The first-order valence-electron chi connectivity index (χ1n) is 7.23. The van der Waals surface area contributed by atoms with E-state index in [1.54, 1.807) is 24.3 Å². The Morgan fingerprint density at radius 3 is 2.56 bits per heavy atom. The highest BCUT2D eigenvalue weighted by Crippen LogP contribution is 2.23. The molecule has 0 atom stereocenters. The third kappa shape index (κ3) is 3.72. The van der Waals surface area contributed by atoms with E-state index in [9.17, 15) is 13.2 Å². The number of aromatic amines is 1. The molecule has 2 aromatic carbocycles. The molecule has 1 aromatic heterocycles. The van der Waals surface area contributed by atoms with Crippen molar-refractivity contribution < 1.29 is 22.1 Å². The summed E-state index contributed by atoms with van der Waals surface area (Å²) in [5.74, 6) is 0.372. The van der Waals surface area contributed by atoms with Crippen LogP contribution in [0.2, 0.25) is 0 Å². The molecule has 1 heterocycles. The minimum absolute atomic E-state index is 0.0447. The number of H-pyrrole nitrogens is 1. The molecule has 0 saturated heterocycles. The van der Waals surface area contributed by atoms with Crippen molar-refractivity contribution in [3.63, 3.8) is 0 Å². The van der Waals surface area contributed by atoms with Crippen LogP contribution in [0.3, 0.4) is 0 Å². The maximum atomic E-state index is 12.4. The number of ether oxygens (including phenoxy) is 1. The second-order valence-corrected chi connectivity index (χ2v) is 6.78. The SMILES string of the molecule is COC(=O)Nc1nc2cc(S(=O)(=O)Oc3ccc(C)cc3)ccc2[nH]1. The van der Waals surface area contributed by atoms with E-state index in [2.05, 4.69) is 20.0 Å². The number of aryl methyl sites for hydroxylation is 1. The zero-order chi connectivity index (χ0) is 18.0. The Bertz CT molecular complexity index is 1030. The normalized spacial score (nSPS) is 11.3. The largest absolute Gasteiger partial charge is 0.453 e. The van der Waals surface area contributed by atoms with E-state index in [0.29, 0.717) is 11.0 Å². The van der Waals surface area contributed by atoms with Gasteiger partial charge in [0.15, 0.2) is 0 Å². The van der Waals surface area contributed by atoms with Gasteiger partial charge >= 0.3 is 16.2 Å². The van der Waals surface area contributed by atoms with Gasteiger partial charge in [0, 0.05) is 0 Å². The molecule has 0 fully saturated rings. The Balaban J connectivity index is 1.89. The molecule has 9 heteroatoms. The van der Waals surface area contributed by atoms with Crippen LogP contribution >= 0.6 is 0 Å². The first kappa shape index (κ1) is 16.8. The third-order valence-corrected chi connectivity index (χ3v) is 4.62. The fourth-order valence-electron chi connectivity index (χ4n) is 2.12. The molecule has 130 valence electrons. The molecular formula is C16H15N3O5S. The number of rotatable bonds is 4. The van der Waals surface area contributed by atoms with Crippen LogP contribution in [-0.4, -0.2) is 31.6 Å². The molecule has 0 aliphatic carbocycles. The number of fused-ring (bicyclic) bond motifs is 1. The topological polar surface area (TPSA) is 110 Å². The molecule has 25 heavy (non-hydrogen) atoms. The summed E-state index contributed by atoms with van der Waals surface area (Å²) in [6.07, 6.45) is -0.686. The van der Waals surface area contributed by atoms with Crippen LogP contribution < -0.4 is 9.50 Å². The van der Waals surface area contributed by atoms with Gasteiger partial charge in [-0.2, -0.15) is 8.42 Å². The summed E-state index contributed by atoms with van der Waals surface area (Å²) in [4.78, 5) is 18.1. The molecule has 2 N–H and O–H groups in total. The van der Waals surface area contributed by atoms with Crippen molar-refractivity contribution in [1.82, 2.24) is 9.97 Å². The Morgan fingerprint density at radius 2 is 1.88 bits per heavy atom. The third-order valence-electron chi connectivity index (χ3n) is 3.38. The monoisotopic (exact) mass is 361 g/mol. The van der Waals surface area contributed by atoms with E-state index in [4.69, 9.17) is 4.18 Å². The number of anilines is 1. The van der Waals surface area contributed by atoms with Crippen molar-refractivity contribution in [2.75, 3.05) is 12.4 Å². The molecule has 0 aliphatic rings. The van der Waals surface area contributed by atoms with Gasteiger partial charge in [-0.1, -0.05) is 17.7 Å². The molecule has 8 nitrogen and oxygen atoms in total. The van der Waals surface area contributed by atoms with Gasteiger partial charge in [0.2, 0.25) is 5.95 Å². The summed E-state index contributed by atoms with van der Waals surface area (Å²) in [7, 11) is -2.77. The van der Waals surface area contributed by atoms with Crippen molar-refractivity contribution in [3.8, 4) is 5.75 Å². The molecule has 0 aliphatic heterocycles. The number of benzene rings is 2. The van der Waals surface area contributed by atoms with Crippen molar-refractivity contribution in [3.05, 3.63) is 48.0 Å². The smallest absolute Gasteiger partial charge is 0.413 e. The van der Waals surface area contributed by atoms with Crippen LogP contribution in [0, 0.1) is 6.92 Å². The Labute approximate surface area is 143 Å². The maximum Gasteiger partial charge on any atom is 0.413 e. The predicted molar refractivity (Wildman–Crippen MR) is 91.1 cm³/mol. The molecule has 0 saturated carbocycles. The number of nitrogens with one attached hydrogen (secondary N) is 2. The standard InChI is InChI=1S/C16H15N3O5S/c1-10-3-5-11(6-4-10)24-25(21,22)12-7-8-13-14(9-12)18-15(17-13)19-16(20)23-2/h3-9H,1-2H3,(H2,17,18,19,20). The van der Waals surface area contributed by atoms with E-state index in [0.717, 1.165) is 5.56 Å². The Morgan fingerprint density at radius 1 is 1.16 bits per heavy atom. The number of hydrogen-bond acceptors (Lipinski definition) is 6. The lowest BCUT2D eigenvalue weighted by Crippen LogP contribution is -2.11. The van der Waals surface area contributed by atoms with Gasteiger partial charge in [-0.25, -0.2) is 9.78 Å². The zero-order valence-electron chi connectivity index (χ0n) is 13.4. The van der Waals surface area contributed by atoms with Crippen molar-refractivity contribution in [2.24, 2.45) is 0 Å². The number of imidazole rings is 1. The lowest BCUT2D eigenvalue weighted by molar-refractivity contribution is 0.186. The summed E-state index contributed by atoms with van der Waals surface area (Å²) in [6.45, 7) is 1.89. The molecule has 0 spiro atoms. The van der Waals surface area contributed by atoms with Gasteiger partial charge in [0.05, 0.1) is 18.1 Å². The summed E-state index contributed by atoms with van der Waals surface area (Å²) >= 11 is 0. The molecular weight excluding hydrogens is 346 g/mol. The average Bonchev–Trinajstić information content (AvgIpc) is 2.98. The van der Waals surface area contributed by atoms with E-state index < -0.39 is 16.2 Å². The molecule has 0 unspecified atom stereocenters. The van der Waals surface area contributed by atoms with Crippen LogP contribution in [0.15, 0.2) is 47.4 Å². The molecule has 1 amide bonds. The summed E-state index contributed by atoms with van der Waals surface area (Å²) in [6, 6.07) is 11.0. The van der Waals surface area contributed by atoms with Crippen LogP contribution in [0.4, 0.5) is 10.7 Å². The number of amides is 1.